The van der Waals surface area contributed by atoms with Crippen molar-refractivity contribution in [1.29, 1.82) is 0 Å². The van der Waals surface area contributed by atoms with Gasteiger partial charge >= 0.3 is 0 Å². The smallest absolute Gasteiger partial charge is 0.120 e. The van der Waals surface area contributed by atoms with Crippen molar-refractivity contribution in [2.24, 2.45) is 5.73 Å². The molecule has 0 radical (unpaired) electrons. The molecule has 0 spiro atoms. The van der Waals surface area contributed by atoms with Crippen molar-refractivity contribution in [1.82, 2.24) is 0 Å². The Morgan fingerprint density at radius 3 is 2.50 bits per heavy atom. The van der Waals surface area contributed by atoms with Gasteiger partial charge in [0.2, 0.25) is 0 Å². The van der Waals surface area contributed by atoms with E-state index in [1.165, 1.54) is 12.0 Å². The molecular formula is C16H25NO. The molecule has 100 valence electrons. The monoisotopic (exact) mass is 247 g/mol. The summed E-state index contributed by atoms with van der Waals surface area (Å²) in [6.07, 6.45) is 4.51. The SMILES string of the molecule is CC(C)(C)c1cccc(OC2(CCN)CCC2)c1. The Hall–Kier alpha value is -1.02. The van der Waals surface area contributed by atoms with Crippen molar-refractivity contribution >= 4 is 0 Å². The summed E-state index contributed by atoms with van der Waals surface area (Å²) in [7, 11) is 0. The lowest BCUT2D eigenvalue weighted by molar-refractivity contribution is -0.0125. The van der Waals surface area contributed by atoms with E-state index in [9.17, 15) is 0 Å². The van der Waals surface area contributed by atoms with Gasteiger partial charge < -0.3 is 10.5 Å². The van der Waals surface area contributed by atoms with Gasteiger partial charge in [0.05, 0.1) is 0 Å². The maximum Gasteiger partial charge on any atom is 0.120 e. The molecular weight excluding hydrogens is 222 g/mol. The highest BCUT2D eigenvalue weighted by Crippen LogP contribution is 2.39. The van der Waals surface area contributed by atoms with E-state index in [0.29, 0.717) is 6.54 Å². The third-order valence-corrected chi connectivity index (χ3v) is 3.90. The topological polar surface area (TPSA) is 35.2 Å². The van der Waals surface area contributed by atoms with Gasteiger partial charge in [0.25, 0.3) is 0 Å². The standard InChI is InChI=1S/C16H25NO/c1-15(2,3)13-6-4-7-14(12-13)18-16(10-11-17)8-5-9-16/h4,6-7,12H,5,8-11,17H2,1-3H3. The second kappa shape index (κ2) is 4.93. The van der Waals surface area contributed by atoms with Gasteiger partial charge in [-0.2, -0.15) is 0 Å². The average molecular weight is 247 g/mol. The van der Waals surface area contributed by atoms with Crippen molar-refractivity contribution in [3.05, 3.63) is 29.8 Å². The largest absolute Gasteiger partial charge is 0.487 e. The van der Waals surface area contributed by atoms with Crippen LogP contribution in [0.2, 0.25) is 0 Å². The highest BCUT2D eigenvalue weighted by atomic mass is 16.5. The molecule has 0 atom stereocenters. The first kappa shape index (κ1) is 13.4. The zero-order valence-electron chi connectivity index (χ0n) is 11.8. The van der Waals surface area contributed by atoms with Gasteiger partial charge in [-0.15, -0.1) is 0 Å². The lowest BCUT2D eigenvalue weighted by Gasteiger charge is -2.42. The quantitative estimate of drug-likeness (QED) is 0.881. The molecule has 1 aromatic rings. The van der Waals surface area contributed by atoms with Crippen LogP contribution in [0.4, 0.5) is 0 Å². The summed E-state index contributed by atoms with van der Waals surface area (Å²) in [6, 6.07) is 8.50. The van der Waals surface area contributed by atoms with E-state index in [4.69, 9.17) is 10.5 Å². The molecule has 0 bridgehead atoms. The van der Waals surface area contributed by atoms with Gasteiger partial charge in [-0.25, -0.2) is 0 Å². The van der Waals surface area contributed by atoms with Crippen LogP contribution in [-0.4, -0.2) is 12.1 Å². The molecule has 0 saturated heterocycles. The number of ether oxygens (including phenoxy) is 1. The minimum Gasteiger partial charge on any atom is -0.487 e. The first-order valence-corrected chi connectivity index (χ1v) is 6.95. The first-order valence-electron chi connectivity index (χ1n) is 6.95. The van der Waals surface area contributed by atoms with Crippen LogP contribution >= 0.6 is 0 Å². The van der Waals surface area contributed by atoms with Gasteiger partial charge in [-0.3, -0.25) is 0 Å². The van der Waals surface area contributed by atoms with Gasteiger partial charge in [0.1, 0.15) is 11.4 Å². The summed E-state index contributed by atoms with van der Waals surface area (Å²) in [4.78, 5) is 0. The van der Waals surface area contributed by atoms with Crippen LogP contribution in [-0.2, 0) is 5.41 Å². The number of nitrogens with two attached hydrogens (primary N) is 1. The molecule has 1 aliphatic rings. The van der Waals surface area contributed by atoms with Crippen LogP contribution in [0.25, 0.3) is 0 Å². The predicted molar refractivity (Wildman–Crippen MR) is 76.0 cm³/mol. The van der Waals surface area contributed by atoms with Crippen molar-refractivity contribution in [3.63, 3.8) is 0 Å². The van der Waals surface area contributed by atoms with Crippen LogP contribution in [0.1, 0.15) is 52.0 Å². The van der Waals surface area contributed by atoms with Crippen LogP contribution in [0, 0.1) is 0 Å². The van der Waals surface area contributed by atoms with E-state index in [0.717, 1.165) is 25.0 Å². The number of hydrogen-bond donors (Lipinski definition) is 1. The van der Waals surface area contributed by atoms with E-state index in [1.54, 1.807) is 0 Å². The van der Waals surface area contributed by atoms with E-state index in [2.05, 4.69) is 45.0 Å². The minimum atomic E-state index is 0.0191. The molecule has 2 rings (SSSR count). The molecule has 0 amide bonds. The number of benzene rings is 1. The normalized spacial score (nSPS) is 18.2. The fourth-order valence-corrected chi connectivity index (χ4v) is 2.51. The number of hydrogen-bond acceptors (Lipinski definition) is 2. The van der Waals surface area contributed by atoms with E-state index in [-0.39, 0.29) is 11.0 Å². The van der Waals surface area contributed by atoms with E-state index >= 15 is 0 Å². The van der Waals surface area contributed by atoms with Crippen molar-refractivity contribution in [3.8, 4) is 5.75 Å². The van der Waals surface area contributed by atoms with Crippen LogP contribution in [0.15, 0.2) is 24.3 Å². The molecule has 0 heterocycles. The fourth-order valence-electron chi connectivity index (χ4n) is 2.51. The van der Waals surface area contributed by atoms with E-state index in [1.807, 2.05) is 0 Å². The summed E-state index contributed by atoms with van der Waals surface area (Å²) in [5.74, 6) is 0.996. The lowest BCUT2D eigenvalue weighted by atomic mass is 9.77. The predicted octanol–water partition coefficient (Wildman–Crippen LogP) is 3.63. The zero-order chi connectivity index (χ0) is 13.2. The van der Waals surface area contributed by atoms with Crippen molar-refractivity contribution in [2.75, 3.05) is 6.54 Å². The van der Waals surface area contributed by atoms with Gasteiger partial charge in [-0.1, -0.05) is 32.9 Å². The highest BCUT2D eigenvalue weighted by Gasteiger charge is 2.38. The third kappa shape index (κ3) is 2.86. The molecule has 1 saturated carbocycles. The molecule has 0 aromatic heterocycles. The van der Waals surface area contributed by atoms with Crippen molar-refractivity contribution in [2.45, 2.75) is 57.5 Å². The molecule has 0 unspecified atom stereocenters. The summed E-state index contributed by atoms with van der Waals surface area (Å²) in [6.45, 7) is 7.39. The molecule has 18 heavy (non-hydrogen) atoms. The summed E-state index contributed by atoms with van der Waals surface area (Å²) < 4.78 is 6.23. The third-order valence-electron chi connectivity index (χ3n) is 3.90. The molecule has 1 fully saturated rings. The Balaban J connectivity index is 2.14. The maximum atomic E-state index is 6.23. The Labute approximate surface area is 111 Å². The maximum absolute atomic E-state index is 6.23. The fraction of sp³-hybridized carbons (Fsp3) is 0.625. The molecule has 0 aliphatic heterocycles. The second-order valence-corrected chi connectivity index (χ2v) is 6.46. The summed E-state index contributed by atoms with van der Waals surface area (Å²) >= 11 is 0. The molecule has 1 aliphatic carbocycles. The minimum absolute atomic E-state index is 0.0191. The second-order valence-electron chi connectivity index (χ2n) is 6.46. The Kier molecular flexibility index (Phi) is 3.67. The molecule has 2 N–H and O–H groups in total. The van der Waals surface area contributed by atoms with Gasteiger partial charge in [-0.05, 0) is 55.3 Å². The lowest BCUT2D eigenvalue weighted by Crippen LogP contribution is -2.44. The van der Waals surface area contributed by atoms with Crippen LogP contribution in [0.3, 0.4) is 0 Å². The number of rotatable bonds is 4. The first-order chi connectivity index (χ1) is 8.45. The van der Waals surface area contributed by atoms with Crippen LogP contribution < -0.4 is 10.5 Å². The van der Waals surface area contributed by atoms with Crippen LogP contribution in [0.5, 0.6) is 5.75 Å². The Morgan fingerprint density at radius 2 is 2.00 bits per heavy atom. The van der Waals surface area contributed by atoms with Gasteiger partial charge in [0, 0.05) is 0 Å². The molecule has 2 nitrogen and oxygen atoms in total. The van der Waals surface area contributed by atoms with E-state index < -0.39 is 0 Å². The Morgan fingerprint density at radius 1 is 1.28 bits per heavy atom. The van der Waals surface area contributed by atoms with Gasteiger partial charge in [0.15, 0.2) is 0 Å². The highest BCUT2D eigenvalue weighted by molar-refractivity contribution is 5.33. The Bertz CT molecular complexity index is 402. The van der Waals surface area contributed by atoms with Crippen molar-refractivity contribution < 1.29 is 4.74 Å². The molecule has 1 aromatic carbocycles. The summed E-state index contributed by atoms with van der Waals surface area (Å²) in [5, 5.41) is 0. The summed E-state index contributed by atoms with van der Waals surface area (Å²) in [5.41, 5.74) is 7.20. The molecule has 2 heteroatoms. The average Bonchev–Trinajstić information content (AvgIpc) is 2.25. The zero-order valence-corrected chi connectivity index (χ0v) is 11.8.